The first-order valence-electron chi connectivity index (χ1n) is 25.7. The molecule has 0 aliphatic heterocycles. The first-order valence-corrected chi connectivity index (χ1v) is 25.7. The highest BCUT2D eigenvalue weighted by molar-refractivity contribution is 5.77. The molecule has 352 valence electrons. The molecule has 0 saturated heterocycles. The van der Waals surface area contributed by atoms with Crippen LogP contribution in [0.1, 0.15) is 239 Å². The third kappa shape index (κ3) is 43.7. The number of carbonyl (C=O) groups is 2. The number of carbonyl (C=O) groups excluding carboxylic acids is 2. The van der Waals surface area contributed by atoms with Crippen LogP contribution in [0, 0.1) is 0 Å². The molecule has 0 aromatic rings. The number of aliphatic hydroxyl groups excluding tert-OH is 2. The van der Waals surface area contributed by atoms with Gasteiger partial charge >= 0.3 is 5.97 Å². The molecule has 0 saturated carbocycles. The van der Waals surface area contributed by atoms with Gasteiger partial charge < -0.3 is 20.3 Å². The Morgan fingerprint density at radius 1 is 0.492 bits per heavy atom. The molecule has 0 aromatic carbocycles. The summed E-state index contributed by atoms with van der Waals surface area (Å²) in [4.78, 5) is 26.1. The van der Waals surface area contributed by atoms with E-state index in [2.05, 4.69) is 92.9 Å². The van der Waals surface area contributed by atoms with Gasteiger partial charge in [0.25, 0.3) is 0 Å². The molecule has 61 heavy (non-hydrogen) atoms. The summed E-state index contributed by atoms with van der Waals surface area (Å²) in [7, 11) is 0. The Morgan fingerprint density at radius 2 is 0.885 bits per heavy atom. The van der Waals surface area contributed by atoms with Crippen molar-refractivity contribution < 1.29 is 24.5 Å². The van der Waals surface area contributed by atoms with Crippen LogP contribution in [0.2, 0.25) is 0 Å². The van der Waals surface area contributed by atoms with E-state index in [0.29, 0.717) is 19.3 Å². The Kier molecular flexibility index (Phi) is 46.2. The summed E-state index contributed by atoms with van der Waals surface area (Å²) in [6.45, 7) is 6.34. The molecule has 0 aromatic heterocycles. The molecule has 3 atom stereocenters. The van der Waals surface area contributed by atoms with E-state index in [0.717, 1.165) is 83.5 Å². The minimum absolute atomic E-state index is 0.0353. The van der Waals surface area contributed by atoms with E-state index in [9.17, 15) is 19.8 Å². The number of rotatable bonds is 45. The summed E-state index contributed by atoms with van der Waals surface area (Å²) in [5, 5.41) is 23.7. The van der Waals surface area contributed by atoms with Gasteiger partial charge in [-0.15, -0.1) is 0 Å². The number of ether oxygens (including phenoxy) is 1. The summed E-state index contributed by atoms with van der Waals surface area (Å²) in [5.41, 5.74) is 0. The van der Waals surface area contributed by atoms with Gasteiger partial charge in [0.05, 0.1) is 25.2 Å². The Hall–Kier alpha value is -2.70. The normalized spacial score (nSPS) is 13.9. The van der Waals surface area contributed by atoms with Gasteiger partial charge in [-0.25, -0.2) is 0 Å². The molecular formula is C55H97NO5. The summed E-state index contributed by atoms with van der Waals surface area (Å²) in [6.07, 6.45) is 61.1. The number of hydrogen-bond donors (Lipinski definition) is 3. The quantitative estimate of drug-likeness (QED) is 0.0322. The number of unbranched alkanes of at least 4 members (excludes halogenated alkanes) is 21. The number of amides is 1. The maximum atomic E-state index is 13.2. The lowest BCUT2D eigenvalue weighted by Gasteiger charge is -2.24. The summed E-state index contributed by atoms with van der Waals surface area (Å²) in [6, 6.07) is -0.722. The van der Waals surface area contributed by atoms with Gasteiger partial charge in [0.15, 0.2) is 0 Å². The van der Waals surface area contributed by atoms with E-state index in [1.807, 2.05) is 6.08 Å². The molecule has 1 amide bonds. The van der Waals surface area contributed by atoms with Crippen molar-refractivity contribution in [1.29, 1.82) is 0 Å². The van der Waals surface area contributed by atoms with E-state index in [1.54, 1.807) is 0 Å². The highest BCUT2D eigenvalue weighted by atomic mass is 16.5. The monoisotopic (exact) mass is 852 g/mol. The van der Waals surface area contributed by atoms with E-state index < -0.39 is 18.2 Å². The van der Waals surface area contributed by atoms with Gasteiger partial charge in [0.2, 0.25) is 5.91 Å². The molecule has 0 rings (SSSR count). The average Bonchev–Trinajstić information content (AvgIpc) is 3.25. The zero-order chi connectivity index (χ0) is 44.5. The molecule has 0 bridgehead atoms. The molecule has 0 aliphatic rings. The molecular weight excluding hydrogens is 755 g/mol. The highest BCUT2D eigenvalue weighted by Gasteiger charge is 2.24. The molecule has 0 radical (unpaired) electrons. The number of aliphatic hydroxyl groups is 2. The average molecular weight is 852 g/mol. The molecule has 6 heteroatoms. The van der Waals surface area contributed by atoms with E-state index in [4.69, 9.17) is 4.74 Å². The smallest absolute Gasteiger partial charge is 0.306 e. The molecule has 6 nitrogen and oxygen atoms in total. The lowest BCUT2D eigenvalue weighted by atomic mass is 10.0. The first-order chi connectivity index (χ1) is 30.0. The molecule has 0 heterocycles. The predicted molar refractivity (Wildman–Crippen MR) is 264 cm³/mol. The topological polar surface area (TPSA) is 95.9 Å². The van der Waals surface area contributed by atoms with Crippen LogP contribution in [0.4, 0.5) is 0 Å². The number of esters is 1. The lowest BCUT2D eigenvalue weighted by molar-refractivity contribution is -0.150. The van der Waals surface area contributed by atoms with Gasteiger partial charge in [-0.2, -0.15) is 0 Å². The zero-order valence-corrected chi connectivity index (χ0v) is 40.0. The fourth-order valence-electron chi connectivity index (χ4n) is 7.41. The fraction of sp³-hybridized carbons (Fsp3) is 0.745. The number of nitrogens with one attached hydrogen (secondary N) is 1. The molecule has 0 spiro atoms. The van der Waals surface area contributed by atoms with Crippen molar-refractivity contribution >= 4 is 11.9 Å². The predicted octanol–water partition coefficient (Wildman–Crippen LogP) is 15.4. The van der Waals surface area contributed by atoms with Crippen molar-refractivity contribution in [2.45, 2.75) is 257 Å². The van der Waals surface area contributed by atoms with Crippen molar-refractivity contribution in [2.24, 2.45) is 0 Å². The van der Waals surface area contributed by atoms with Crippen LogP contribution in [0.3, 0.4) is 0 Å². The van der Waals surface area contributed by atoms with Gasteiger partial charge in [-0.3, -0.25) is 9.59 Å². The second-order valence-corrected chi connectivity index (χ2v) is 17.2. The largest absolute Gasteiger partial charge is 0.462 e. The van der Waals surface area contributed by atoms with Crippen molar-refractivity contribution in [3.8, 4) is 0 Å². The van der Waals surface area contributed by atoms with Crippen molar-refractivity contribution in [1.82, 2.24) is 5.32 Å². The number of hydrogen-bond acceptors (Lipinski definition) is 5. The standard InChI is InChI=1S/C55H97NO5/c1-4-7-10-13-16-19-22-25-27-28-30-33-36-39-42-45-48-55(60)61-51(46-43-40-37-34-31-29-26-23-20-17-14-11-8-5-2)49-54(59)56-52(50-57)53(58)47-44-41-38-35-32-24-21-18-15-12-9-6-3/h7,10,16,19,25,27,29-31,33,39,42,51-53,57-58H,4-6,8-9,11-15,17-18,20-24,26,28,32,34-38,40-41,43-50H2,1-3H3,(H,56,59)/b10-7+,19-16+,27-25+,31-29+,33-30+,42-39+. The maximum Gasteiger partial charge on any atom is 0.306 e. The van der Waals surface area contributed by atoms with Crippen molar-refractivity contribution in [2.75, 3.05) is 6.61 Å². The second kappa shape index (κ2) is 48.3. The van der Waals surface area contributed by atoms with E-state index in [1.165, 1.54) is 103 Å². The minimum Gasteiger partial charge on any atom is -0.462 e. The number of allylic oxidation sites excluding steroid dienone is 12. The lowest BCUT2D eigenvalue weighted by Crippen LogP contribution is -2.46. The third-order valence-corrected chi connectivity index (χ3v) is 11.3. The van der Waals surface area contributed by atoms with Crippen LogP contribution in [-0.4, -0.2) is 46.9 Å². The summed E-state index contributed by atoms with van der Waals surface area (Å²) >= 11 is 0. The Bertz CT molecular complexity index is 1140. The molecule has 0 fully saturated rings. The highest BCUT2D eigenvalue weighted by Crippen LogP contribution is 2.17. The van der Waals surface area contributed by atoms with Crippen LogP contribution in [-0.2, 0) is 14.3 Å². The van der Waals surface area contributed by atoms with E-state index >= 15 is 0 Å². The van der Waals surface area contributed by atoms with Gasteiger partial charge in [-0.1, -0.05) is 216 Å². The SMILES string of the molecule is CC/C=C/C/C=C/C/C=C/C/C=C/C/C=C/CCC(=O)OC(CCCCC/C=C/CCCCCCCCC)CC(=O)NC(CO)C(O)CCCCCCCCCCCCCC. The van der Waals surface area contributed by atoms with Gasteiger partial charge in [0, 0.05) is 6.42 Å². The summed E-state index contributed by atoms with van der Waals surface area (Å²) in [5.74, 6) is -0.589. The van der Waals surface area contributed by atoms with Crippen LogP contribution >= 0.6 is 0 Å². The Morgan fingerprint density at radius 3 is 1.36 bits per heavy atom. The van der Waals surface area contributed by atoms with Gasteiger partial charge in [0.1, 0.15) is 6.10 Å². The van der Waals surface area contributed by atoms with Crippen LogP contribution in [0.25, 0.3) is 0 Å². The zero-order valence-electron chi connectivity index (χ0n) is 40.0. The van der Waals surface area contributed by atoms with Crippen molar-refractivity contribution in [3.05, 3.63) is 72.9 Å². The summed E-state index contributed by atoms with van der Waals surface area (Å²) < 4.78 is 5.88. The van der Waals surface area contributed by atoms with Gasteiger partial charge in [-0.05, 0) is 83.5 Å². The first kappa shape index (κ1) is 58.3. The van der Waals surface area contributed by atoms with Crippen LogP contribution in [0.15, 0.2) is 72.9 Å². The fourth-order valence-corrected chi connectivity index (χ4v) is 7.41. The Labute approximate surface area is 377 Å². The second-order valence-electron chi connectivity index (χ2n) is 17.2. The minimum atomic E-state index is -0.805. The molecule has 3 N–H and O–H groups in total. The van der Waals surface area contributed by atoms with Crippen LogP contribution < -0.4 is 5.32 Å². The van der Waals surface area contributed by atoms with E-state index in [-0.39, 0.29) is 31.3 Å². The Balaban J connectivity index is 4.72. The van der Waals surface area contributed by atoms with Crippen LogP contribution in [0.5, 0.6) is 0 Å². The molecule has 3 unspecified atom stereocenters. The van der Waals surface area contributed by atoms with Crippen molar-refractivity contribution in [3.63, 3.8) is 0 Å². The third-order valence-electron chi connectivity index (χ3n) is 11.3. The molecule has 0 aliphatic carbocycles. The maximum absolute atomic E-state index is 13.2.